The Morgan fingerprint density at radius 1 is 1.07 bits per heavy atom. The molecule has 2 amide bonds. The maximum Gasteiger partial charge on any atom is 0.251 e. The van der Waals surface area contributed by atoms with E-state index in [1.54, 1.807) is 60.9 Å². The molecule has 3 rings (SSSR count). The van der Waals surface area contributed by atoms with Gasteiger partial charge in [-0.3, -0.25) is 9.59 Å². The zero-order valence-corrected chi connectivity index (χ0v) is 16.0. The van der Waals surface area contributed by atoms with Gasteiger partial charge >= 0.3 is 0 Å². The average molecular weight is 398 g/mol. The fourth-order valence-corrected chi connectivity index (χ4v) is 2.75. The van der Waals surface area contributed by atoms with Crippen LogP contribution in [0.15, 0.2) is 65.3 Å². The number of furan rings is 1. The number of halogens is 1. The monoisotopic (exact) mass is 397 g/mol. The maximum atomic E-state index is 12.3. The normalized spacial score (nSPS) is 10.4. The van der Waals surface area contributed by atoms with Crippen LogP contribution in [0.5, 0.6) is 0 Å². The van der Waals surface area contributed by atoms with Gasteiger partial charge in [0.25, 0.3) is 5.91 Å². The Kier molecular flexibility index (Phi) is 6.34. The topological polar surface area (TPSA) is 83.4 Å². The summed E-state index contributed by atoms with van der Waals surface area (Å²) < 4.78 is 5.19. The molecule has 0 aliphatic carbocycles. The van der Waals surface area contributed by atoms with Crippen molar-refractivity contribution in [2.45, 2.75) is 13.5 Å². The van der Waals surface area contributed by atoms with E-state index in [1.807, 2.05) is 6.92 Å². The lowest BCUT2D eigenvalue weighted by atomic mass is 10.2. The summed E-state index contributed by atoms with van der Waals surface area (Å²) in [5.41, 5.74) is 2.64. The van der Waals surface area contributed by atoms with Crippen molar-refractivity contribution in [2.75, 3.05) is 17.2 Å². The largest absolute Gasteiger partial charge is 0.467 e. The number of hydrogen-bond donors (Lipinski definition) is 3. The van der Waals surface area contributed by atoms with Crippen molar-refractivity contribution in [3.05, 3.63) is 82.8 Å². The number of hydrogen-bond acceptors (Lipinski definition) is 4. The molecule has 0 unspecified atom stereocenters. The molecule has 3 aromatic rings. The highest BCUT2D eigenvalue weighted by molar-refractivity contribution is 6.31. The Hall–Kier alpha value is -3.25. The summed E-state index contributed by atoms with van der Waals surface area (Å²) >= 11 is 6.06. The highest BCUT2D eigenvalue weighted by Crippen LogP contribution is 2.22. The Labute approximate surface area is 167 Å². The molecule has 0 saturated carbocycles. The van der Waals surface area contributed by atoms with Gasteiger partial charge in [0.2, 0.25) is 5.91 Å². The number of amides is 2. The van der Waals surface area contributed by atoms with Gasteiger partial charge in [-0.05, 0) is 55.0 Å². The van der Waals surface area contributed by atoms with Gasteiger partial charge in [-0.25, -0.2) is 0 Å². The van der Waals surface area contributed by atoms with E-state index in [1.165, 1.54) is 0 Å². The summed E-state index contributed by atoms with van der Waals surface area (Å²) in [5.74, 6) is 0.243. The minimum Gasteiger partial charge on any atom is -0.467 e. The molecule has 7 heteroatoms. The summed E-state index contributed by atoms with van der Waals surface area (Å²) in [6, 6.07) is 15.8. The minimum absolute atomic E-state index is 0.0589. The summed E-state index contributed by atoms with van der Waals surface area (Å²) in [6.45, 7) is 2.21. The first-order valence-electron chi connectivity index (χ1n) is 8.72. The zero-order valence-electron chi connectivity index (χ0n) is 15.3. The van der Waals surface area contributed by atoms with Crippen LogP contribution in [0.1, 0.15) is 21.7 Å². The fraction of sp³-hybridized carbons (Fsp3) is 0.143. The van der Waals surface area contributed by atoms with E-state index in [0.717, 1.165) is 5.56 Å². The first-order valence-corrected chi connectivity index (χ1v) is 9.10. The molecular weight excluding hydrogens is 378 g/mol. The molecule has 6 nitrogen and oxygen atoms in total. The molecule has 1 aromatic heterocycles. The predicted octanol–water partition coefficient (Wildman–Crippen LogP) is 4.22. The van der Waals surface area contributed by atoms with Gasteiger partial charge in [0.1, 0.15) is 5.76 Å². The Balaban J connectivity index is 1.54. The minimum atomic E-state index is -0.223. The molecule has 0 fully saturated rings. The summed E-state index contributed by atoms with van der Waals surface area (Å²) in [7, 11) is 0. The third-order valence-corrected chi connectivity index (χ3v) is 4.53. The standard InChI is InChI=1S/C21H20ClN3O3/c1-14-18(22)8-3-9-19(14)25-20(26)13-23-16-6-2-5-15(11-16)21(27)24-12-17-7-4-10-28-17/h2-11,23H,12-13H2,1H3,(H,24,27)(H,25,26). The quantitative estimate of drug-likeness (QED) is 0.557. The smallest absolute Gasteiger partial charge is 0.251 e. The molecule has 0 bridgehead atoms. The third-order valence-electron chi connectivity index (χ3n) is 4.12. The predicted molar refractivity (Wildman–Crippen MR) is 110 cm³/mol. The first kappa shape index (κ1) is 19.5. The van der Waals surface area contributed by atoms with Gasteiger partial charge < -0.3 is 20.4 Å². The second kappa shape index (κ2) is 9.10. The number of carbonyl (C=O) groups excluding carboxylic acids is 2. The van der Waals surface area contributed by atoms with Crippen LogP contribution in [0, 0.1) is 6.92 Å². The van der Waals surface area contributed by atoms with Crippen LogP contribution >= 0.6 is 11.6 Å². The maximum absolute atomic E-state index is 12.3. The molecule has 144 valence electrons. The highest BCUT2D eigenvalue weighted by atomic mass is 35.5. The molecule has 0 saturated heterocycles. The van der Waals surface area contributed by atoms with Crippen molar-refractivity contribution in [1.82, 2.24) is 5.32 Å². The van der Waals surface area contributed by atoms with Crippen molar-refractivity contribution < 1.29 is 14.0 Å². The summed E-state index contributed by atoms with van der Waals surface area (Å²) in [6.07, 6.45) is 1.56. The van der Waals surface area contributed by atoms with Gasteiger partial charge in [-0.1, -0.05) is 23.7 Å². The molecule has 0 radical (unpaired) electrons. The van der Waals surface area contributed by atoms with Crippen LogP contribution < -0.4 is 16.0 Å². The average Bonchev–Trinajstić information content (AvgIpc) is 3.22. The molecule has 1 heterocycles. The van der Waals surface area contributed by atoms with E-state index in [9.17, 15) is 9.59 Å². The number of anilines is 2. The second-order valence-corrected chi connectivity index (χ2v) is 6.56. The van der Waals surface area contributed by atoms with Gasteiger partial charge in [-0.2, -0.15) is 0 Å². The van der Waals surface area contributed by atoms with Crippen molar-refractivity contribution in [3.8, 4) is 0 Å². The van der Waals surface area contributed by atoms with E-state index >= 15 is 0 Å². The Bertz CT molecular complexity index is 971. The number of nitrogens with one attached hydrogen (secondary N) is 3. The third kappa shape index (κ3) is 5.14. The molecular formula is C21H20ClN3O3. The van der Waals surface area contributed by atoms with Crippen LogP contribution in [0.4, 0.5) is 11.4 Å². The van der Waals surface area contributed by atoms with Crippen LogP contribution in [0.2, 0.25) is 5.02 Å². The SMILES string of the molecule is Cc1c(Cl)cccc1NC(=O)CNc1cccc(C(=O)NCc2ccco2)c1. The van der Waals surface area contributed by atoms with Gasteiger partial charge in [0, 0.05) is 22.0 Å². The van der Waals surface area contributed by atoms with E-state index in [-0.39, 0.29) is 18.4 Å². The Morgan fingerprint density at radius 3 is 2.68 bits per heavy atom. The molecule has 0 atom stereocenters. The van der Waals surface area contributed by atoms with Gasteiger partial charge in [0.05, 0.1) is 19.4 Å². The molecule has 3 N–H and O–H groups in total. The van der Waals surface area contributed by atoms with E-state index in [0.29, 0.717) is 34.3 Å². The first-order chi connectivity index (χ1) is 13.5. The van der Waals surface area contributed by atoms with Crippen LogP contribution in [0.25, 0.3) is 0 Å². The molecule has 0 spiro atoms. The summed E-state index contributed by atoms with van der Waals surface area (Å²) in [4.78, 5) is 24.5. The molecule has 0 aliphatic rings. The number of carbonyl (C=O) groups is 2. The van der Waals surface area contributed by atoms with Gasteiger partial charge in [0.15, 0.2) is 0 Å². The van der Waals surface area contributed by atoms with Crippen molar-refractivity contribution in [1.29, 1.82) is 0 Å². The number of rotatable bonds is 7. The lowest BCUT2D eigenvalue weighted by Crippen LogP contribution is -2.24. The van der Waals surface area contributed by atoms with Crippen molar-refractivity contribution in [3.63, 3.8) is 0 Å². The molecule has 28 heavy (non-hydrogen) atoms. The summed E-state index contributed by atoms with van der Waals surface area (Å²) in [5, 5.41) is 9.22. The highest BCUT2D eigenvalue weighted by Gasteiger charge is 2.09. The fourth-order valence-electron chi connectivity index (χ4n) is 2.57. The lowest BCUT2D eigenvalue weighted by molar-refractivity contribution is -0.114. The molecule has 0 aliphatic heterocycles. The van der Waals surface area contributed by atoms with Crippen LogP contribution in [0.3, 0.4) is 0 Å². The van der Waals surface area contributed by atoms with Crippen molar-refractivity contribution >= 4 is 34.8 Å². The molecule has 2 aromatic carbocycles. The lowest BCUT2D eigenvalue weighted by Gasteiger charge is -2.11. The second-order valence-electron chi connectivity index (χ2n) is 6.16. The van der Waals surface area contributed by atoms with Crippen LogP contribution in [-0.2, 0) is 11.3 Å². The van der Waals surface area contributed by atoms with Crippen molar-refractivity contribution in [2.24, 2.45) is 0 Å². The zero-order chi connectivity index (χ0) is 19.9. The number of benzene rings is 2. The van der Waals surface area contributed by atoms with E-state index < -0.39 is 0 Å². The van der Waals surface area contributed by atoms with E-state index in [4.69, 9.17) is 16.0 Å². The van der Waals surface area contributed by atoms with E-state index in [2.05, 4.69) is 16.0 Å². The Morgan fingerprint density at radius 2 is 1.89 bits per heavy atom. The van der Waals surface area contributed by atoms with Crippen LogP contribution in [-0.4, -0.2) is 18.4 Å². The van der Waals surface area contributed by atoms with Gasteiger partial charge in [-0.15, -0.1) is 0 Å².